The van der Waals surface area contributed by atoms with Gasteiger partial charge in [0.15, 0.2) is 0 Å². The van der Waals surface area contributed by atoms with Crippen molar-refractivity contribution in [3.05, 3.63) is 35.9 Å². The number of hydrogen-bond acceptors (Lipinski definition) is 5. The summed E-state index contributed by atoms with van der Waals surface area (Å²) in [5, 5.41) is 13.2. The van der Waals surface area contributed by atoms with E-state index in [2.05, 4.69) is 10.2 Å². The summed E-state index contributed by atoms with van der Waals surface area (Å²) in [5.74, 6) is -0.0135. The minimum absolute atomic E-state index is 0.0135. The quantitative estimate of drug-likeness (QED) is 0.644. The van der Waals surface area contributed by atoms with Crippen LogP contribution in [0.1, 0.15) is 5.56 Å². The Hall–Kier alpha value is -1.47. The zero-order chi connectivity index (χ0) is 16.8. The van der Waals surface area contributed by atoms with Crippen LogP contribution in [-0.2, 0) is 11.2 Å². The lowest BCUT2D eigenvalue weighted by Crippen LogP contribution is -2.60. The molecule has 128 valence electrons. The molecule has 1 aliphatic heterocycles. The standard InChI is InChI=1S/C17H28N4O2/c1-19-17(23)15-11-20(2)8-9-21(15)12-16(22)14(18)10-13-6-4-3-5-7-13/h3-7,14-16,22H,8-12,18H2,1-2H3,(H,19,23). The van der Waals surface area contributed by atoms with Gasteiger partial charge in [0.05, 0.1) is 6.10 Å². The van der Waals surface area contributed by atoms with E-state index in [1.165, 1.54) is 0 Å². The second-order valence-electron chi connectivity index (χ2n) is 6.31. The maximum atomic E-state index is 12.1. The normalized spacial score (nSPS) is 22.5. The molecular formula is C17H28N4O2. The SMILES string of the molecule is CNC(=O)C1CN(C)CCN1CC(O)C(N)Cc1ccccc1. The minimum atomic E-state index is -0.661. The fourth-order valence-corrected chi connectivity index (χ4v) is 2.99. The van der Waals surface area contributed by atoms with Crippen molar-refractivity contribution in [1.29, 1.82) is 0 Å². The Morgan fingerprint density at radius 1 is 1.39 bits per heavy atom. The summed E-state index contributed by atoms with van der Waals surface area (Å²) in [6, 6.07) is 9.34. The smallest absolute Gasteiger partial charge is 0.238 e. The fourth-order valence-electron chi connectivity index (χ4n) is 2.99. The van der Waals surface area contributed by atoms with E-state index >= 15 is 0 Å². The van der Waals surface area contributed by atoms with Gasteiger partial charge in [-0.05, 0) is 19.0 Å². The summed E-state index contributed by atoms with van der Waals surface area (Å²) in [4.78, 5) is 16.2. The van der Waals surface area contributed by atoms with E-state index < -0.39 is 6.10 Å². The van der Waals surface area contributed by atoms with E-state index in [0.717, 1.165) is 18.7 Å². The largest absolute Gasteiger partial charge is 0.390 e. The Balaban J connectivity index is 1.94. The molecule has 1 amide bonds. The molecule has 4 N–H and O–H groups in total. The van der Waals surface area contributed by atoms with Crippen molar-refractivity contribution in [2.45, 2.75) is 24.6 Å². The minimum Gasteiger partial charge on any atom is -0.390 e. The highest BCUT2D eigenvalue weighted by Gasteiger charge is 2.32. The third kappa shape index (κ3) is 5.00. The average Bonchev–Trinajstić information content (AvgIpc) is 2.56. The summed E-state index contributed by atoms with van der Waals surface area (Å²) in [6.45, 7) is 2.72. The summed E-state index contributed by atoms with van der Waals surface area (Å²) in [7, 11) is 3.65. The molecule has 1 saturated heterocycles. The van der Waals surface area contributed by atoms with Crippen LogP contribution in [0, 0.1) is 0 Å². The van der Waals surface area contributed by atoms with Crippen molar-refractivity contribution in [3.63, 3.8) is 0 Å². The number of benzene rings is 1. The molecule has 0 bridgehead atoms. The first-order chi connectivity index (χ1) is 11.0. The van der Waals surface area contributed by atoms with Crippen molar-refractivity contribution in [1.82, 2.24) is 15.1 Å². The highest BCUT2D eigenvalue weighted by Crippen LogP contribution is 2.12. The van der Waals surface area contributed by atoms with Gasteiger partial charge in [0.2, 0.25) is 5.91 Å². The lowest BCUT2D eigenvalue weighted by Gasteiger charge is -2.40. The molecule has 0 aromatic heterocycles. The third-order valence-corrected chi connectivity index (χ3v) is 4.47. The fraction of sp³-hybridized carbons (Fsp3) is 0.588. The van der Waals surface area contributed by atoms with Crippen molar-refractivity contribution >= 4 is 5.91 Å². The molecule has 1 aromatic carbocycles. The van der Waals surface area contributed by atoms with Crippen molar-refractivity contribution in [3.8, 4) is 0 Å². The molecule has 6 heteroatoms. The number of aliphatic hydroxyl groups excluding tert-OH is 1. The van der Waals surface area contributed by atoms with Gasteiger partial charge in [0.1, 0.15) is 6.04 Å². The number of amides is 1. The van der Waals surface area contributed by atoms with Crippen LogP contribution >= 0.6 is 0 Å². The van der Waals surface area contributed by atoms with Gasteiger partial charge in [-0.1, -0.05) is 30.3 Å². The predicted octanol–water partition coefficient (Wildman–Crippen LogP) is -0.721. The lowest BCUT2D eigenvalue weighted by molar-refractivity contribution is -0.128. The van der Waals surface area contributed by atoms with Gasteiger partial charge in [-0.15, -0.1) is 0 Å². The third-order valence-electron chi connectivity index (χ3n) is 4.47. The molecule has 1 heterocycles. The van der Waals surface area contributed by atoms with E-state index in [1.54, 1.807) is 7.05 Å². The van der Waals surface area contributed by atoms with Crippen LogP contribution in [0.5, 0.6) is 0 Å². The maximum Gasteiger partial charge on any atom is 0.238 e. The number of nitrogens with zero attached hydrogens (tertiary/aromatic N) is 2. The van der Waals surface area contributed by atoms with Gasteiger partial charge in [0, 0.05) is 39.3 Å². The Morgan fingerprint density at radius 2 is 2.09 bits per heavy atom. The number of carbonyl (C=O) groups is 1. The van der Waals surface area contributed by atoms with Crippen molar-refractivity contribution in [2.75, 3.05) is 40.3 Å². The average molecular weight is 320 g/mol. The van der Waals surface area contributed by atoms with E-state index in [9.17, 15) is 9.90 Å². The molecule has 3 atom stereocenters. The summed E-state index contributed by atoms with van der Waals surface area (Å²) in [5.41, 5.74) is 7.27. The second-order valence-corrected chi connectivity index (χ2v) is 6.31. The Kier molecular flexibility index (Phi) is 6.53. The number of rotatable bonds is 6. The number of aliphatic hydroxyl groups is 1. The van der Waals surface area contributed by atoms with E-state index in [0.29, 0.717) is 19.5 Å². The van der Waals surface area contributed by atoms with Crippen LogP contribution in [0.4, 0.5) is 0 Å². The van der Waals surface area contributed by atoms with Crippen LogP contribution in [0.25, 0.3) is 0 Å². The first-order valence-electron chi connectivity index (χ1n) is 8.13. The second kappa shape index (κ2) is 8.40. The van der Waals surface area contributed by atoms with Crippen LogP contribution < -0.4 is 11.1 Å². The molecule has 0 aliphatic carbocycles. The summed E-state index contributed by atoms with van der Waals surface area (Å²) < 4.78 is 0. The molecule has 1 aliphatic rings. The highest BCUT2D eigenvalue weighted by molar-refractivity contribution is 5.81. The van der Waals surface area contributed by atoms with Gasteiger partial charge in [-0.3, -0.25) is 9.69 Å². The zero-order valence-electron chi connectivity index (χ0n) is 14.0. The van der Waals surface area contributed by atoms with Crippen molar-refractivity contribution < 1.29 is 9.90 Å². The number of likely N-dealkylation sites (N-methyl/N-ethyl adjacent to an activating group) is 2. The monoisotopic (exact) mass is 320 g/mol. The molecule has 2 rings (SSSR count). The van der Waals surface area contributed by atoms with Crippen LogP contribution in [0.15, 0.2) is 30.3 Å². The van der Waals surface area contributed by atoms with Gasteiger partial charge in [-0.2, -0.15) is 0 Å². The van der Waals surface area contributed by atoms with Crippen LogP contribution in [-0.4, -0.2) is 79.3 Å². The Bertz CT molecular complexity index is 497. The number of piperazine rings is 1. The van der Waals surface area contributed by atoms with E-state index in [4.69, 9.17) is 5.73 Å². The number of nitrogens with one attached hydrogen (secondary N) is 1. The highest BCUT2D eigenvalue weighted by atomic mass is 16.3. The number of hydrogen-bond donors (Lipinski definition) is 3. The Labute approximate surface area is 138 Å². The number of β-amino-alcohol motifs (C(OH)–C–C–N with tert-alkyl or cyclic N) is 1. The van der Waals surface area contributed by atoms with Crippen molar-refractivity contribution in [2.24, 2.45) is 5.73 Å². The lowest BCUT2D eigenvalue weighted by atomic mass is 10.0. The van der Waals surface area contributed by atoms with Gasteiger partial charge >= 0.3 is 0 Å². The molecule has 0 spiro atoms. The topological polar surface area (TPSA) is 81.8 Å². The van der Waals surface area contributed by atoms with Crippen LogP contribution in [0.3, 0.4) is 0 Å². The molecule has 1 fully saturated rings. The molecule has 23 heavy (non-hydrogen) atoms. The summed E-state index contributed by atoms with van der Waals surface area (Å²) >= 11 is 0. The molecule has 0 saturated carbocycles. The number of carbonyl (C=O) groups excluding carboxylic acids is 1. The maximum absolute atomic E-state index is 12.1. The molecule has 1 aromatic rings. The van der Waals surface area contributed by atoms with E-state index in [1.807, 2.05) is 42.3 Å². The van der Waals surface area contributed by atoms with Gasteiger partial charge < -0.3 is 21.1 Å². The number of nitrogens with two attached hydrogens (primary N) is 1. The molecule has 0 radical (unpaired) electrons. The predicted molar refractivity (Wildman–Crippen MR) is 91.1 cm³/mol. The first-order valence-corrected chi connectivity index (χ1v) is 8.13. The van der Waals surface area contributed by atoms with Gasteiger partial charge in [-0.25, -0.2) is 0 Å². The molecule has 3 unspecified atom stereocenters. The van der Waals surface area contributed by atoms with E-state index in [-0.39, 0.29) is 18.0 Å². The van der Waals surface area contributed by atoms with Gasteiger partial charge in [0.25, 0.3) is 0 Å². The Morgan fingerprint density at radius 3 is 2.74 bits per heavy atom. The first kappa shape index (κ1) is 17.9. The molecular weight excluding hydrogens is 292 g/mol. The molecule has 6 nitrogen and oxygen atoms in total. The van der Waals surface area contributed by atoms with Crippen LogP contribution in [0.2, 0.25) is 0 Å². The summed E-state index contributed by atoms with van der Waals surface area (Å²) in [6.07, 6.45) is -0.0359. The zero-order valence-corrected chi connectivity index (χ0v) is 14.0.